The molecule has 0 aliphatic carbocycles. The van der Waals surface area contributed by atoms with Gasteiger partial charge in [0.1, 0.15) is 36.2 Å². The quantitative estimate of drug-likeness (QED) is 0.465. The molecule has 3 fully saturated rings. The molecule has 182 valence electrons. The summed E-state index contributed by atoms with van der Waals surface area (Å²) < 4.78 is 10.5. The SMILES string of the molecule is COC(=O)CN1C(=O)C2C(c3ccc(C)o3)N3C(=O)CN(Cc4ccccc4)C(=O)[C@@]3(C)C2C1=O. The van der Waals surface area contributed by atoms with Gasteiger partial charge in [0.15, 0.2) is 0 Å². The van der Waals surface area contributed by atoms with Crippen molar-refractivity contribution in [2.75, 3.05) is 20.2 Å². The maximum absolute atomic E-state index is 14.0. The number of hydrogen-bond donors (Lipinski definition) is 0. The molecule has 2 aromatic rings. The number of aryl methyl sites for hydroxylation is 1. The number of fused-ring (bicyclic) bond motifs is 3. The van der Waals surface area contributed by atoms with Crippen LogP contribution in [0.15, 0.2) is 46.9 Å². The lowest BCUT2D eigenvalue weighted by Crippen LogP contribution is -2.67. The van der Waals surface area contributed by atoms with E-state index in [1.54, 1.807) is 19.1 Å². The van der Waals surface area contributed by atoms with Gasteiger partial charge in [0.05, 0.1) is 18.9 Å². The van der Waals surface area contributed by atoms with Crippen LogP contribution in [-0.4, -0.2) is 70.0 Å². The summed E-state index contributed by atoms with van der Waals surface area (Å²) in [5.74, 6) is -4.20. The third kappa shape index (κ3) is 3.27. The molecule has 3 aliphatic heterocycles. The minimum absolute atomic E-state index is 0.185. The van der Waals surface area contributed by atoms with Gasteiger partial charge in [-0.15, -0.1) is 0 Å². The van der Waals surface area contributed by atoms with Crippen molar-refractivity contribution in [2.45, 2.75) is 32.0 Å². The van der Waals surface area contributed by atoms with Gasteiger partial charge in [-0.05, 0) is 31.5 Å². The van der Waals surface area contributed by atoms with E-state index in [-0.39, 0.29) is 19.0 Å². The molecular weight excluding hydrogens is 454 g/mol. The van der Waals surface area contributed by atoms with Crippen molar-refractivity contribution in [2.24, 2.45) is 11.8 Å². The molecule has 4 heterocycles. The fourth-order valence-corrected chi connectivity index (χ4v) is 5.74. The molecule has 0 saturated carbocycles. The van der Waals surface area contributed by atoms with Crippen molar-refractivity contribution in [1.29, 1.82) is 0 Å². The highest BCUT2D eigenvalue weighted by molar-refractivity contribution is 6.13. The van der Waals surface area contributed by atoms with Crippen LogP contribution in [0.3, 0.4) is 0 Å². The van der Waals surface area contributed by atoms with Crippen molar-refractivity contribution >= 4 is 29.6 Å². The largest absolute Gasteiger partial charge is 0.468 e. The highest BCUT2D eigenvalue weighted by atomic mass is 16.5. The molecule has 3 unspecified atom stereocenters. The third-order valence-corrected chi connectivity index (χ3v) is 7.27. The highest BCUT2D eigenvalue weighted by Crippen LogP contribution is 2.56. The summed E-state index contributed by atoms with van der Waals surface area (Å²) >= 11 is 0. The van der Waals surface area contributed by atoms with Crippen LogP contribution in [0.2, 0.25) is 0 Å². The Hall–Kier alpha value is -3.95. The number of piperazine rings is 1. The second-order valence-corrected chi connectivity index (χ2v) is 9.29. The molecule has 10 heteroatoms. The van der Waals surface area contributed by atoms with Crippen LogP contribution in [0.5, 0.6) is 0 Å². The van der Waals surface area contributed by atoms with Crippen molar-refractivity contribution in [3.63, 3.8) is 0 Å². The van der Waals surface area contributed by atoms with Gasteiger partial charge in [-0.2, -0.15) is 0 Å². The van der Waals surface area contributed by atoms with E-state index in [4.69, 9.17) is 4.42 Å². The summed E-state index contributed by atoms with van der Waals surface area (Å²) in [5.41, 5.74) is -0.794. The Morgan fingerprint density at radius 1 is 1.09 bits per heavy atom. The minimum atomic E-state index is -1.63. The first-order valence-corrected chi connectivity index (χ1v) is 11.3. The van der Waals surface area contributed by atoms with E-state index in [0.717, 1.165) is 17.6 Å². The number of ether oxygens (including phenoxy) is 1. The zero-order valence-electron chi connectivity index (χ0n) is 19.6. The standard InChI is InChI=1S/C25H25N3O7/c1-14-9-10-16(35-14)21-19-20(23(32)27(22(19)31)13-18(30)34-3)25(2)24(33)26(12-17(29)28(21)25)11-15-7-5-4-6-8-15/h4-10,19-21H,11-13H2,1-3H3/t19?,20?,21?,25-/m1/s1. The first kappa shape index (κ1) is 22.8. The Bertz CT molecular complexity index is 1240. The molecule has 35 heavy (non-hydrogen) atoms. The summed E-state index contributed by atoms with van der Waals surface area (Å²) in [6.07, 6.45) is 0. The van der Waals surface area contributed by atoms with Gasteiger partial charge in [0, 0.05) is 6.54 Å². The average molecular weight is 479 g/mol. The molecule has 0 bridgehead atoms. The fraction of sp³-hybridized carbons (Fsp3) is 0.400. The van der Waals surface area contributed by atoms with E-state index >= 15 is 0 Å². The highest BCUT2D eigenvalue weighted by Gasteiger charge is 2.73. The Morgan fingerprint density at radius 2 is 1.80 bits per heavy atom. The van der Waals surface area contributed by atoms with E-state index in [2.05, 4.69) is 4.74 Å². The van der Waals surface area contributed by atoms with Crippen LogP contribution in [0.25, 0.3) is 0 Å². The monoisotopic (exact) mass is 479 g/mol. The third-order valence-electron chi connectivity index (χ3n) is 7.27. The van der Waals surface area contributed by atoms with Gasteiger partial charge in [0.25, 0.3) is 0 Å². The van der Waals surface area contributed by atoms with E-state index in [0.29, 0.717) is 11.5 Å². The number of carbonyl (C=O) groups excluding carboxylic acids is 5. The van der Waals surface area contributed by atoms with Gasteiger partial charge >= 0.3 is 5.97 Å². The summed E-state index contributed by atoms with van der Waals surface area (Å²) in [7, 11) is 1.16. The first-order valence-electron chi connectivity index (χ1n) is 11.3. The number of amides is 4. The molecule has 3 aliphatic rings. The average Bonchev–Trinajstić information content (AvgIpc) is 3.46. The Balaban J connectivity index is 1.60. The van der Waals surface area contributed by atoms with Gasteiger partial charge in [-0.25, -0.2) is 0 Å². The van der Waals surface area contributed by atoms with Gasteiger partial charge in [-0.1, -0.05) is 30.3 Å². The van der Waals surface area contributed by atoms with E-state index in [1.807, 2.05) is 30.3 Å². The summed E-state index contributed by atoms with van der Waals surface area (Å²) in [5, 5.41) is 0. The van der Waals surface area contributed by atoms with Gasteiger partial charge in [-0.3, -0.25) is 28.9 Å². The molecule has 1 aromatic carbocycles. The van der Waals surface area contributed by atoms with Crippen LogP contribution < -0.4 is 0 Å². The Morgan fingerprint density at radius 3 is 2.43 bits per heavy atom. The number of methoxy groups -OCH3 is 1. The van der Waals surface area contributed by atoms with Crippen molar-refractivity contribution in [3.8, 4) is 0 Å². The Labute approximate surface area is 201 Å². The predicted molar refractivity (Wildman–Crippen MR) is 119 cm³/mol. The molecule has 0 spiro atoms. The molecular formula is C25H25N3O7. The molecule has 3 saturated heterocycles. The number of benzene rings is 1. The van der Waals surface area contributed by atoms with Crippen LogP contribution in [0.4, 0.5) is 0 Å². The second-order valence-electron chi connectivity index (χ2n) is 9.29. The number of rotatable bonds is 5. The van der Waals surface area contributed by atoms with Crippen LogP contribution >= 0.6 is 0 Å². The van der Waals surface area contributed by atoms with E-state index < -0.39 is 53.7 Å². The smallest absolute Gasteiger partial charge is 0.325 e. The fourth-order valence-electron chi connectivity index (χ4n) is 5.74. The number of carbonyl (C=O) groups is 5. The molecule has 1 aromatic heterocycles. The summed E-state index contributed by atoms with van der Waals surface area (Å²) in [6, 6.07) is 11.6. The molecule has 4 atom stereocenters. The first-order chi connectivity index (χ1) is 16.7. The van der Waals surface area contributed by atoms with Gasteiger partial charge < -0.3 is 19.0 Å². The predicted octanol–water partition coefficient (Wildman–Crippen LogP) is 1.05. The normalized spacial score (nSPS) is 28.0. The van der Waals surface area contributed by atoms with Crippen LogP contribution in [-0.2, 0) is 35.3 Å². The number of likely N-dealkylation sites (tertiary alicyclic amines) is 1. The number of furan rings is 1. The maximum Gasteiger partial charge on any atom is 0.325 e. The van der Waals surface area contributed by atoms with E-state index in [1.165, 1.54) is 16.7 Å². The zero-order valence-corrected chi connectivity index (χ0v) is 19.6. The number of imide groups is 1. The lowest BCUT2D eigenvalue weighted by atomic mass is 9.79. The lowest BCUT2D eigenvalue weighted by molar-refractivity contribution is -0.169. The number of esters is 1. The minimum Gasteiger partial charge on any atom is -0.468 e. The van der Waals surface area contributed by atoms with E-state index in [9.17, 15) is 24.0 Å². The second kappa shape index (κ2) is 8.07. The number of hydrogen-bond acceptors (Lipinski definition) is 7. The molecule has 0 N–H and O–H groups in total. The summed E-state index contributed by atoms with van der Waals surface area (Å²) in [6.45, 7) is 2.70. The van der Waals surface area contributed by atoms with Crippen LogP contribution in [0, 0.1) is 18.8 Å². The zero-order chi connectivity index (χ0) is 25.1. The van der Waals surface area contributed by atoms with Crippen molar-refractivity contribution in [1.82, 2.24) is 14.7 Å². The number of nitrogens with zero attached hydrogens (tertiary/aromatic N) is 3. The van der Waals surface area contributed by atoms with Gasteiger partial charge in [0.2, 0.25) is 23.6 Å². The molecule has 4 amide bonds. The molecule has 0 radical (unpaired) electrons. The van der Waals surface area contributed by atoms with Crippen molar-refractivity contribution in [3.05, 3.63) is 59.5 Å². The maximum atomic E-state index is 14.0. The Kier molecular flexibility index (Phi) is 5.26. The topological polar surface area (TPSA) is 117 Å². The summed E-state index contributed by atoms with van der Waals surface area (Å²) in [4.78, 5) is 70.1. The molecule has 10 nitrogen and oxygen atoms in total. The lowest BCUT2D eigenvalue weighted by Gasteiger charge is -2.46. The van der Waals surface area contributed by atoms with Crippen molar-refractivity contribution < 1.29 is 33.1 Å². The molecule has 5 rings (SSSR count). The van der Waals surface area contributed by atoms with Crippen LogP contribution in [0.1, 0.15) is 30.0 Å².